The molecule has 4 N–H and O–H groups in total. The van der Waals surface area contributed by atoms with Gasteiger partial charge in [-0.1, -0.05) is 6.92 Å². The molecule has 6 heteroatoms. The number of aromatic nitrogens is 1. The summed E-state index contributed by atoms with van der Waals surface area (Å²) >= 11 is 1.65. The van der Waals surface area contributed by atoms with E-state index >= 15 is 0 Å². The van der Waals surface area contributed by atoms with Crippen molar-refractivity contribution in [2.45, 2.75) is 19.9 Å². The van der Waals surface area contributed by atoms with Gasteiger partial charge in [0.25, 0.3) is 0 Å². The third-order valence-corrected chi connectivity index (χ3v) is 3.82. The average Bonchev–Trinajstić information content (AvgIpc) is 2.85. The van der Waals surface area contributed by atoms with Crippen LogP contribution in [0, 0.1) is 0 Å². The van der Waals surface area contributed by atoms with E-state index in [-0.39, 0.29) is 11.3 Å². The van der Waals surface area contributed by atoms with Crippen molar-refractivity contribution in [3.63, 3.8) is 0 Å². The summed E-state index contributed by atoms with van der Waals surface area (Å²) in [5, 5.41) is 13.1. The van der Waals surface area contributed by atoms with Crippen LogP contribution >= 0.6 is 11.3 Å². The molecule has 100 valence electrons. The average molecular weight is 277 g/mol. The van der Waals surface area contributed by atoms with Crippen LogP contribution in [-0.2, 0) is 13.0 Å². The normalized spacial score (nSPS) is 10.4. The first-order chi connectivity index (χ1) is 9.10. The summed E-state index contributed by atoms with van der Waals surface area (Å²) in [6.45, 7) is 2.66. The fourth-order valence-electron chi connectivity index (χ4n) is 1.62. The Labute approximate surface area is 115 Å². The van der Waals surface area contributed by atoms with Crippen molar-refractivity contribution in [2.24, 2.45) is 0 Å². The topological polar surface area (TPSA) is 88.2 Å². The van der Waals surface area contributed by atoms with Gasteiger partial charge in [-0.05, 0) is 24.6 Å². The summed E-state index contributed by atoms with van der Waals surface area (Å²) in [4.78, 5) is 16.5. The quantitative estimate of drug-likeness (QED) is 0.731. The summed E-state index contributed by atoms with van der Waals surface area (Å²) in [7, 11) is 0. The van der Waals surface area contributed by atoms with Crippen LogP contribution in [0.15, 0.2) is 24.4 Å². The largest absolute Gasteiger partial charge is 0.478 e. The molecule has 1 heterocycles. The van der Waals surface area contributed by atoms with Gasteiger partial charge in [-0.25, -0.2) is 9.78 Å². The molecule has 0 fully saturated rings. The Balaban J connectivity index is 2.07. The summed E-state index contributed by atoms with van der Waals surface area (Å²) in [6.07, 6.45) is 2.84. The Morgan fingerprint density at radius 2 is 2.32 bits per heavy atom. The van der Waals surface area contributed by atoms with Gasteiger partial charge in [0, 0.05) is 22.4 Å². The smallest absolute Gasteiger partial charge is 0.337 e. The number of nitrogens with two attached hydrogens (primary N) is 1. The lowest BCUT2D eigenvalue weighted by Gasteiger charge is -2.07. The van der Waals surface area contributed by atoms with E-state index in [9.17, 15) is 4.79 Å². The number of aryl methyl sites for hydroxylation is 1. The summed E-state index contributed by atoms with van der Waals surface area (Å²) in [6, 6.07) is 4.88. The maximum absolute atomic E-state index is 11.0. The lowest BCUT2D eigenvalue weighted by Crippen LogP contribution is -2.05. The first kappa shape index (κ1) is 13.4. The van der Waals surface area contributed by atoms with Crippen molar-refractivity contribution in [1.82, 2.24) is 4.98 Å². The van der Waals surface area contributed by atoms with E-state index < -0.39 is 5.97 Å². The number of rotatable bonds is 5. The molecule has 2 rings (SSSR count). The zero-order valence-corrected chi connectivity index (χ0v) is 11.3. The van der Waals surface area contributed by atoms with E-state index in [4.69, 9.17) is 10.8 Å². The number of carboxylic acids is 1. The van der Waals surface area contributed by atoms with Gasteiger partial charge in [0.2, 0.25) is 0 Å². The highest BCUT2D eigenvalue weighted by Crippen LogP contribution is 2.20. The Hall–Kier alpha value is -2.08. The van der Waals surface area contributed by atoms with Crippen molar-refractivity contribution in [3.8, 4) is 0 Å². The second-order valence-corrected chi connectivity index (χ2v) is 5.23. The fourth-order valence-corrected chi connectivity index (χ4v) is 2.42. The molecule has 0 saturated carbocycles. The van der Waals surface area contributed by atoms with Crippen LogP contribution in [-0.4, -0.2) is 16.1 Å². The van der Waals surface area contributed by atoms with Gasteiger partial charge in [-0.15, -0.1) is 11.3 Å². The highest BCUT2D eigenvalue weighted by atomic mass is 32.1. The molecule has 0 radical (unpaired) electrons. The second kappa shape index (κ2) is 5.71. The number of hydrogen-bond donors (Lipinski definition) is 3. The number of anilines is 2. The van der Waals surface area contributed by atoms with Gasteiger partial charge in [0.1, 0.15) is 5.01 Å². The van der Waals surface area contributed by atoms with E-state index in [1.807, 2.05) is 6.20 Å². The molecule has 0 aliphatic heterocycles. The minimum atomic E-state index is -1.02. The maximum atomic E-state index is 11.0. The molecule has 1 aromatic heterocycles. The van der Waals surface area contributed by atoms with Crippen molar-refractivity contribution < 1.29 is 9.90 Å². The van der Waals surface area contributed by atoms with Gasteiger partial charge in [-0.3, -0.25) is 0 Å². The van der Waals surface area contributed by atoms with Gasteiger partial charge >= 0.3 is 5.97 Å². The molecule has 0 unspecified atom stereocenters. The molecule has 2 aromatic rings. The van der Waals surface area contributed by atoms with E-state index in [1.165, 1.54) is 10.9 Å². The predicted octanol–water partition coefficient (Wildman–Crippen LogP) is 2.60. The lowest BCUT2D eigenvalue weighted by atomic mass is 10.1. The Bertz CT molecular complexity index is 595. The number of nitrogens with one attached hydrogen (secondary N) is 1. The Morgan fingerprint density at radius 1 is 1.53 bits per heavy atom. The van der Waals surface area contributed by atoms with Gasteiger partial charge < -0.3 is 16.2 Å². The third kappa shape index (κ3) is 3.23. The van der Waals surface area contributed by atoms with Crippen LogP contribution in [0.5, 0.6) is 0 Å². The summed E-state index contributed by atoms with van der Waals surface area (Å²) < 4.78 is 0. The molecule has 1 aromatic carbocycles. The first-order valence-corrected chi connectivity index (χ1v) is 6.72. The zero-order chi connectivity index (χ0) is 13.8. The predicted molar refractivity (Wildman–Crippen MR) is 76.6 cm³/mol. The van der Waals surface area contributed by atoms with Gasteiger partial charge in [-0.2, -0.15) is 0 Å². The van der Waals surface area contributed by atoms with E-state index in [0.717, 1.165) is 17.1 Å². The second-order valence-electron chi connectivity index (χ2n) is 4.03. The highest BCUT2D eigenvalue weighted by molar-refractivity contribution is 7.11. The number of aromatic carboxylic acids is 1. The van der Waals surface area contributed by atoms with Crippen LogP contribution in [0.4, 0.5) is 11.4 Å². The maximum Gasteiger partial charge on any atom is 0.337 e. The van der Waals surface area contributed by atoms with E-state index in [2.05, 4.69) is 17.2 Å². The number of hydrogen-bond acceptors (Lipinski definition) is 5. The van der Waals surface area contributed by atoms with E-state index in [0.29, 0.717) is 6.54 Å². The van der Waals surface area contributed by atoms with Gasteiger partial charge in [0.05, 0.1) is 12.1 Å². The molecule has 0 saturated heterocycles. The molecule has 0 aliphatic rings. The minimum Gasteiger partial charge on any atom is -0.478 e. The number of nitrogen functional groups attached to an aromatic ring is 1. The van der Waals surface area contributed by atoms with Crippen LogP contribution in [0.25, 0.3) is 0 Å². The molecular weight excluding hydrogens is 262 g/mol. The molecule has 0 spiro atoms. The Kier molecular flexibility index (Phi) is 4.01. The van der Waals surface area contributed by atoms with Crippen LogP contribution in [0.2, 0.25) is 0 Å². The lowest BCUT2D eigenvalue weighted by molar-refractivity contribution is 0.0698. The number of carboxylic acid groups (broad SMARTS) is 1. The monoisotopic (exact) mass is 277 g/mol. The summed E-state index contributed by atoms with van der Waals surface area (Å²) in [5.74, 6) is -1.02. The standard InChI is InChI=1S/C13H15N3O2S/c1-2-9-6-16-12(19-9)7-15-8-3-4-11(14)10(5-8)13(17)18/h3-6,15H,2,7,14H2,1H3,(H,17,18). The van der Waals surface area contributed by atoms with E-state index in [1.54, 1.807) is 23.5 Å². The Morgan fingerprint density at radius 3 is 2.95 bits per heavy atom. The minimum absolute atomic E-state index is 0.110. The van der Waals surface area contributed by atoms with Crippen molar-refractivity contribution in [2.75, 3.05) is 11.1 Å². The number of nitrogens with zero attached hydrogens (tertiary/aromatic N) is 1. The molecule has 0 aliphatic carbocycles. The molecule has 0 amide bonds. The number of carbonyl (C=O) groups is 1. The SMILES string of the molecule is CCc1cnc(CNc2ccc(N)c(C(=O)O)c2)s1. The van der Waals surface area contributed by atoms with Gasteiger partial charge in [0.15, 0.2) is 0 Å². The van der Waals surface area contributed by atoms with Crippen LogP contribution < -0.4 is 11.1 Å². The molecule has 5 nitrogen and oxygen atoms in total. The van der Waals surface area contributed by atoms with Crippen LogP contribution in [0.3, 0.4) is 0 Å². The van der Waals surface area contributed by atoms with Crippen molar-refractivity contribution in [1.29, 1.82) is 0 Å². The fraction of sp³-hybridized carbons (Fsp3) is 0.231. The number of benzene rings is 1. The zero-order valence-electron chi connectivity index (χ0n) is 10.5. The molecular formula is C13H15N3O2S. The number of thiazole rings is 1. The van der Waals surface area contributed by atoms with Crippen molar-refractivity contribution >= 4 is 28.7 Å². The third-order valence-electron chi connectivity index (χ3n) is 2.68. The molecule has 19 heavy (non-hydrogen) atoms. The highest BCUT2D eigenvalue weighted by Gasteiger charge is 2.08. The molecule has 0 atom stereocenters. The molecule has 0 bridgehead atoms. The van der Waals surface area contributed by atoms with Crippen molar-refractivity contribution in [3.05, 3.63) is 39.8 Å². The first-order valence-electron chi connectivity index (χ1n) is 5.90. The van der Waals surface area contributed by atoms with Crippen LogP contribution in [0.1, 0.15) is 27.2 Å². The summed E-state index contributed by atoms with van der Waals surface area (Å²) in [5.41, 5.74) is 6.70.